The van der Waals surface area contributed by atoms with E-state index in [1.54, 1.807) is 6.20 Å². The molecule has 5 heteroatoms. The van der Waals surface area contributed by atoms with Gasteiger partial charge in [-0.05, 0) is 49.7 Å². The van der Waals surface area contributed by atoms with Gasteiger partial charge in [0.1, 0.15) is 0 Å². The molecule has 1 aliphatic heterocycles. The van der Waals surface area contributed by atoms with Crippen LogP contribution in [0.4, 0.5) is 0 Å². The fourth-order valence-corrected chi connectivity index (χ4v) is 3.73. The van der Waals surface area contributed by atoms with Gasteiger partial charge in [-0.3, -0.25) is 9.69 Å². The maximum Gasteiger partial charge on any atom is 0.257 e. The highest BCUT2D eigenvalue weighted by Crippen LogP contribution is 2.24. The van der Waals surface area contributed by atoms with Crippen molar-refractivity contribution in [3.05, 3.63) is 58.5 Å². The quantitative estimate of drug-likeness (QED) is 0.772. The van der Waals surface area contributed by atoms with Crippen molar-refractivity contribution in [1.82, 2.24) is 14.9 Å². The van der Waals surface area contributed by atoms with Crippen molar-refractivity contribution in [2.24, 2.45) is 0 Å². The van der Waals surface area contributed by atoms with E-state index in [2.05, 4.69) is 46.9 Å². The van der Waals surface area contributed by atoms with E-state index < -0.39 is 0 Å². The number of rotatable bonds is 3. The van der Waals surface area contributed by atoms with Crippen molar-refractivity contribution in [3.63, 3.8) is 0 Å². The van der Waals surface area contributed by atoms with E-state index in [0.717, 1.165) is 36.2 Å². The second kappa shape index (κ2) is 6.50. The molecule has 3 aromatic rings. The lowest BCUT2D eigenvalue weighted by molar-refractivity contribution is -0.0704. The fourth-order valence-electron chi connectivity index (χ4n) is 3.73. The van der Waals surface area contributed by atoms with Crippen LogP contribution in [0.5, 0.6) is 0 Å². The van der Waals surface area contributed by atoms with E-state index in [1.807, 2.05) is 18.2 Å². The molecular formula is C20H23N3O2. The Morgan fingerprint density at radius 3 is 2.72 bits per heavy atom. The van der Waals surface area contributed by atoms with Gasteiger partial charge in [0, 0.05) is 36.7 Å². The molecule has 0 radical (unpaired) electrons. The minimum atomic E-state index is -0.0782. The number of pyridine rings is 1. The molecule has 1 saturated heterocycles. The van der Waals surface area contributed by atoms with Crippen molar-refractivity contribution in [1.29, 1.82) is 0 Å². The standard InChI is InChI=1S/C20H23N3O2/c1-13-10-23(11-14(2)25-13)12-15-5-6-18-16(8-15)9-19(22-18)17-4-3-7-21-20(17)24/h3-9,13-14,22H,10-12H2,1-2H3,(H,21,24)/t13-,14+. The minimum absolute atomic E-state index is 0.0782. The molecule has 0 saturated carbocycles. The molecule has 1 fully saturated rings. The predicted octanol–water partition coefficient (Wildman–Crippen LogP) is 3.13. The van der Waals surface area contributed by atoms with Crippen molar-refractivity contribution in [2.75, 3.05) is 13.1 Å². The summed E-state index contributed by atoms with van der Waals surface area (Å²) in [7, 11) is 0. The average molecular weight is 337 g/mol. The van der Waals surface area contributed by atoms with Crippen LogP contribution in [0.1, 0.15) is 19.4 Å². The van der Waals surface area contributed by atoms with Crippen LogP contribution in [0.2, 0.25) is 0 Å². The third-order valence-electron chi connectivity index (χ3n) is 4.69. The normalized spacial score (nSPS) is 21.7. The van der Waals surface area contributed by atoms with Crippen LogP contribution in [0.25, 0.3) is 22.2 Å². The van der Waals surface area contributed by atoms with E-state index in [1.165, 1.54) is 5.56 Å². The van der Waals surface area contributed by atoms with Crippen LogP contribution < -0.4 is 5.56 Å². The van der Waals surface area contributed by atoms with Gasteiger partial charge in [-0.1, -0.05) is 6.07 Å². The zero-order valence-electron chi connectivity index (χ0n) is 14.6. The van der Waals surface area contributed by atoms with Crippen molar-refractivity contribution >= 4 is 10.9 Å². The first-order valence-electron chi connectivity index (χ1n) is 8.76. The van der Waals surface area contributed by atoms with Crippen molar-refractivity contribution in [3.8, 4) is 11.3 Å². The summed E-state index contributed by atoms with van der Waals surface area (Å²) in [5, 5.41) is 1.13. The number of hydrogen-bond acceptors (Lipinski definition) is 3. The Labute approximate surface area is 146 Å². The molecule has 5 nitrogen and oxygen atoms in total. The molecule has 2 atom stereocenters. The molecule has 4 rings (SSSR count). The zero-order valence-corrected chi connectivity index (χ0v) is 14.6. The highest BCUT2D eigenvalue weighted by molar-refractivity contribution is 5.86. The Balaban J connectivity index is 1.60. The average Bonchev–Trinajstić information content (AvgIpc) is 2.97. The van der Waals surface area contributed by atoms with Gasteiger partial charge in [0.2, 0.25) is 0 Å². The van der Waals surface area contributed by atoms with E-state index in [0.29, 0.717) is 5.56 Å². The van der Waals surface area contributed by atoms with E-state index in [9.17, 15) is 4.79 Å². The topological polar surface area (TPSA) is 61.1 Å². The van der Waals surface area contributed by atoms with Gasteiger partial charge in [0.05, 0.1) is 23.5 Å². The Morgan fingerprint density at radius 2 is 1.96 bits per heavy atom. The summed E-state index contributed by atoms with van der Waals surface area (Å²) >= 11 is 0. The van der Waals surface area contributed by atoms with E-state index in [4.69, 9.17) is 4.74 Å². The maximum absolute atomic E-state index is 12.0. The number of aromatic amines is 2. The molecule has 25 heavy (non-hydrogen) atoms. The first-order chi connectivity index (χ1) is 12.1. The Kier molecular flexibility index (Phi) is 4.19. The Hall–Kier alpha value is -2.37. The van der Waals surface area contributed by atoms with E-state index >= 15 is 0 Å². The number of morpholine rings is 1. The Morgan fingerprint density at radius 1 is 1.16 bits per heavy atom. The third kappa shape index (κ3) is 3.38. The number of aromatic nitrogens is 2. The van der Waals surface area contributed by atoms with Gasteiger partial charge in [-0.25, -0.2) is 0 Å². The van der Waals surface area contributed by atoms with Crippen LogP contribution in [-0.2, 0) is 11.3 Å². The zero-order chi connectivity index (χ0) is 17.4. The molecule has 0 unspecified atom stereocenters. The molecule has 0 aliphatic carbocycles. The van der Waals surface area contributed by atoms with Crippen molar-refractivity contribution < 1.29 is 4.74 Å². The minimum Gasteiger partial charge on any atom is -0.373 e. The van der Waals surface area contributed by atoms with Gasteiger partial charge < -0.3 is 14.7 Å². The van der Waals surface area contributed by atoms with E-state index in [-0.39, 0.29) is 17.8 Å². The molecule has 130 valence electrons. The summed E-state index contributed by atoms with van der Waals surface area (Å²) in [5.41, 5.74) is 3.76. The highest BCUT2D eigenvalue weighted by Gasteiger charge is 2.22. The summed E-state index contributed by atoms with van der Waals surface area (Å²) in [6.45, 7) is 7.09. The summed E-state index contributed by atoms with van der Waals surface area (Å²) < 4.78 is 5.81. The van der Waals surface area contributed by atoms with Gasteiger partial charge >= 0.3 is 0 Å². The van der Waals surface area contributed by atoms with Gasteiger partial charge in [0.25, 0.3) is 5.56 Å². The molecule has 3 heterocycles. The number of ether oxygens (including phenoxy) is 1. The fraction of sp³-hybridized carbons (Fsp3) is 0.350. The van der Waals surface area contributed by atoms with Crippen LogP contribution in [0.15, 0.2) is 47.4 Å². The number of H-pyrrole nitrogens is 2. The second-order valence-corrected chi connectivity index (χ2v) is 6.97. The molecule has 2 aromatic heterocycles. The summed E-state index contributed by atoms with van der Waals surface area (Å²) in [6.07, 6.45) is 2.20. The Bertz CT molecular complexity index is 933. The van der Waals surface area contributed by atoms with Crippen LogP contribution in [-0.4, -0.2) is 40.2 Å². The van der Waals surface area contributed by atoms with Gasteiger partial charge in [0.15, 0.2) is 0 Å². The first kappa shape index (κ1) is 16.1. The van der Waals surface area contributed by atoms with Gasteiger partial charge in [-0.2, -0.15) is 0 Å². The molecule has 0 bridgehead atoms. The molecule has 1 aliphatic rings. The lowest BCUT2D eigenvalue weighted by atomic mass is 10.1. The molecule has 1 aromatic carbocycles. The summed E-state index contributed by atoms with van der Waals surface area (Å²) in [6, 6.07) is 12.2. The number of nitrogens with one attached hydrogen (secondary N) is 2. The summed E-state index contributed by atoms with van der Waals surface area (Å²) in [5.74, 6) is 0. The maximum atomic E-state index is 12.0. The molecule has 0 amide bonds. The van der Waals surface area contributed by atoms with Crippen molar-refractivity contribution in [2.45, 2.75) is 32.6 Å². The molecule has 0 spiro atoms. The third-order valence-corrected chi connectivity index (χ3v) is 4.69. The SMILES string of the molecule is C[C@@H]1CN(Cc2ccc3[nH]c(-c4ccc[nH]c4=O)cc3c2)C[C@H](C)O1. The van der Waals surface area contributed by atoms with Crippen LogP contribution in [0.3, 0.4) is 0 Å². The van der Waals surface area contributed by atoms with Crippen LogP contribution >= 0.6 is 0 Å². The first-order valence-corrected chi connectivity index (χ1v) is 8.76. The predicted molar refractivity (Wildman–Crippen MR) is 99.6 cm³/mol. The number of benzene rings is 1. The highest BCUT2D eigenvalue weighted by atomic mass is 16.5. The number of fused-ring (bicyclic) bond motifs is 1. The summed E-state index contributed by atoms with van der Waals surface area (Å²) in [4.78, 5) is 20.5. The molecular weight excluding hydrogens is 314 g/mol. The number of nitrogens with zero attached hydrogens (tertiary/aromatic N) is 1. The monoisotopic (exact) mass is 337 g/mol. The lowest BCUT2D eigenvalue weighted by Crippen LogP contribution is -2.44. The molecule has 2 N–H and O–H groups in total. The number of hydrogen-bond donors (Lipinski definition) is 2. The van der Waals surface area contributed by atoms with Gasteiger partial charge in [-0.15, -0.1) is 0 Å². The largest absolute Gasteiger partial charge is 0.373 e. The second-order valence-electron chi connectivity index (χ2n) is 6.97. The van der Waals surface area contributed by atoms with Crippen LogP contribution in [0, 0.1) is 0 Å². The lowest BCUT2D eigenvalue weighted by Gasteiger charge is -2.35. The smallest absolute Gasteiger partial charge is 0.257 e.